The van der Waals surface area contributed by atoms with Crippen LogP contribution >= 0.6 is 0 Å². The van der Waals surface area contributed by atoms with Crippen LogP contribution in [0, 0.1) is 17.8 Å². The van der Waals surface area contributed by atoms with Gasteiger partial charge in [-0.25, -0.2) is 0 Å². The highest BCUT2D eigenvalue weighted by Gasteiger charge is 2.36. The van der Waals surface area contributed by atoms with Crippen molar-refractivity contribution in [3.05, 3.63) is 0 Å². The zero-order valence-electron chi connectivity index (χ0n) is 11.5. The number of carboxylic acid groups (broad SMARTS) is 1. The molecule has 1 N–H and O–H groups in total. The molecule has 0 aromatic heterocycles. The van der Waals surface area contributed by atoms with Gasteiger partial charge >= 0.3 is 5.97 Å². The molecular formula is C14H23NO4. The Kier molecular flexibility index (Phi) is 4.80. The number of carboxylic acids is 1. The summed E-state index contributed by atoms with van der Waals surface area (Å²) in [6.45, 7) is 4.97. The van der Waals surface area contributed by atoms with Crippen molar-refractivity contribution >= 4 is 11.9 Å². The van der Waals surface area contributed by atoms with Crippen LogP contribution in [0.15, 0.2) is 0 Å². The largest absolute Gasteiger partial charge is 0.481 e. The molecule has 2 aliphatic rings. The summed E-state index contributed by atoms with van der Waals surface area (Å²) in [6.07, 6.45) is 2.88. The van der Waals surface area contributed by atoms with E-state index in [4.69, 9.17) is 9.84 Å². The summed E-state index contributed by atoms with van der Waals surface area (Å²) in [5.74, 6) is -0.605. The van der Waals surface area contributed by atoms with Crippen molar-refractivity contribution in [3.63, 3.8) is 0 Å². The number of aliphatic carboxylic acids is 1. The van der Waals surface area contributed by atoms with Crippen molar-refractivity contribution in [2.45, 2.75) is 32.6 Å². The van der Waals surface area contributed by atoms with E-state index in [0.717, 1.165) is 26.2 Å². The number of amides is 1. The molecule has 0 radical (unpaired) electrons. The van der Waals surface area contributed by atoms with E-state index in [0.29, 0.717) is 31.7 Å². The van der Waals surface area contributed by atoms with E-state index in [1.54, 1.807) is 0 Å². The van der Waals surface area contributed by atoms with Gasteiger partial charge in [0.05, 0.1) is 12.5 Å². The highest BCUT2D eigenvalue weighted by molar-refractivity contribution is 5.81. The third-order valence-electron chi connectivity index (χ3n) is 4.33. The normalized spacial score (nSPS) is 30.5. The number of carbonyl (C=O) groups excluding carboxylic acids is 1. The van der Waals surface area contributed by atoms with Crippen molar-refractivity contribution < 1.29 is 19.4 Å². The number of carbonyl (C=O) groups is 2. The zero-order valence-corrected chi connectivity index (χ0v) is 11.5. The SMILES string of the molecule is CCN(CC1CCOC1)C(=O)C1CCC(C(=O)O)C1. The first-order chi connectivity index (χ1) is 9.11. The molecule has 0 aromatic rings. The van der Waals surface area contributed by atoms with Gasteiger partial charge in [0.2, 0.25) is 5.91 Å². The second kappa shape index (κ2) is 6.37. The second-order valence-corrected chi connectivity index (χ2v) is 5.65. The molecule has 1 heterocycles. The van der Waals surface area contributed by atoms with Crippen molar-refractivity contribution in [2.24, 2.45) is 17.8 Å². The van der Waals surface area contributed by atoms with Crippen LogP contribution in [0.3, 0.4) is 0 Å². The zero-order chi connectivity index (χ0) is 13.8. The van der Waals surface area contributed by atoms with Gasteiger partial charge in [0.1, 0.15) is 0 Å². The fourth-order valence-corrected chi connectivity index (χ4v) is 3.10. The first-order valence-corrected chi connectivity index (χ1v) is 7.21. The molecule has 1 aliphatic carbocycles. The van der Waals surface area contributed by atoms with Gasteiger partial charge in [-0.15, -0.1) is 0 Å². The second-order valence-electron chi connectivity index (χ2n) is 5.65. The van der Waals surface area contributed by atoms with E-state index >= 15 is 0 Å². The van der Waals surface area contributed by atoms with Gasteiger partial charge < -0.3 is 14.7 Å². The van der Waals surface area contributed by atoms with Crippen molar-refractivity contribution in [1.82, 2.24) is 4.90 Å². The maximum absolute atomic E-state index is 12.4. The lowest BCUT2D eigenvalue weighted by molar-refractivity contribution is -0.141. The lowest BCUT2D eigenvalue weighted by Crippen LogP contribution is -2.39. The molecule has 3 unspecified atom stereocenters. The van der Waals surface area contributed by atoms with Gasteiger partial charge in [-0.3, -0.25) is 9.59 Å². The molecule has 1 aliphatic heterocycles. The van der Waals surface area contributed by atoms with Crippen LogP contribution in [0.2, 0.25) is 0 Å². The fourth-order valence-electron chi connectivity index (χ4n) is 3.10. The van der Waals surface area contributed by atoms with Gasteiger partial charge in [-0.2, -0.15) is 0 Å². The first kappa shape index (κ1) is 14.3. The van der Waals surface area contributed by atoms with Crippen molar-refractivity contribution in [3.8, 4) is 0 Å². The van der Waals surface area contributed by atoms with Crippen LogP contribution < -0.4 is 0 Å². The van der Waals surface area contributed by atoms with Crippen LogP contribution in [0.4, 0.5) is 0 Å². The third kappa shape index (κ3) is 3.47. The average molecular weight is 269 g/mol. The Morgan fingerprint density at radius 1 is 1.26 bits per heavy atom. The van der Waals surface area contributed by atoms with E-state index < -0.39 is 5.97 Å². The summed E-state index contributed by atoms with van der Waals surface area (Å²) in [4.78, 5) is 25.3. The Bertz CT molecular complexity index is 338. The molecule has 1 amide bonds. The quantitative estimate of drug-likeness (QED) is 0.818. The van der Waals surface area contributed by atoms with Crippen LogP contribution in [0.1, 0.15) is 32.6 Å². The van der Waals surface area contributed by atoms with Crippen LogP contribution in [0.5, 0.6) is 0 Å². The topological polar surface area (TPSA) is 66.8 Å². The van der Waals surface area contributed by atoms with Gasteiger partial charge in [-0.1, -0.05) is 0 Å². The Hall–Kier alpha value is -1.10. The third-order valence-corrected chi connectivity index (χ3v) is 4.33. The van der Waals surface area contributed by atoms with Crippen molar-refractivity contribution in [1.29, 1.82) is 0 Å². The van der Waals surface area contributed by atoms with Crippen molar-refractivity contribution in [2.75, 3.05) is 26.3 Å². The minimum Gasteiger partial charge on any atom is -0.481 e. The van der Waals surface area contributed by atoms with E-state index in [9.17, 15) is 9.59 Å². The Morgan fingerprint density at radius 3 is 2.53 bits per heavy atom. The molecule has 19 heavy (non-hydrogen) atoms. The number of rotatable bonds is 5. The van der Waals surface area contributed by atoms with E-state index in [2.05, 4.69) is 0 Å². The predicted molar refractivity (Wildman–Crippen MR) is 69.6 cm³/mol. The summed E-state index contributed by atoms with van der Waals surface area (Å²) in [6, 6.07) is 0. The highest BCUT2D eigenvalue weighted by atomic mass is 16.5. The molecule has 2 rings (SSSR count). The van der Waals surface area contributed by atoms with E-state index in [1.165, 1.54) is 0 Å². The van der Waals surface area contributed by atoms with Crippen LogP contribution in [-0.2, 0) is 14.3 Å². The molecule has 1 saturated carbocycles. The van der Waals surface area contributed by atoms with Gasteiger partial charge in [0.25, 0.3) is 0 Å². The van der Waals surface area contributed by atoms with Gasteiger partial charge in [-0.05, 0) is 32.6 Å². The molecule has 0 bridgehead atoms. The van der Waals surface area contributed by atoms with Gasteiger partial charge in [0.15, 0.2) is 0 Å². The Balaban J connectivity index is 1.87. The highest BCUT2D eigenvalue weighted by Crippen LogP contribution is 2.32. The maximum atomic E-state index is 12.4. The van der Waals surface area contributed by atoms with Gasteiger partial charge in [0, 0.05) is 31.5 Å². The first-order valence-electron chi connectivity index (χ1n) is 7.21. The number of ether oxygens (including phenoxy) is 1. The maximum Gasteiger partial charge on any atom is 0.306 e. The molecular weight excluding hydrogens is 246 g/mol. The number of nitrogens with zero attached hydrogens (tertiary/aromatic N) is 1. The number of hydrogen-bond donors (Lipinski definition) is 1. The summed E-state index contributed by atoms with van der Waals surface area (Å²) in [7, 11) is 0. The smallest absolute Gasteiger partial charge is 0.306 e. The molecule has 2 fully saturated rings. The Morgan fingerprint density at radius 2 is 2.00 bits per heavy atom. The summed E-state index contributed by atoms with van der Waals surface area (Å²) in [5, 5.41) is 9.00. The molecule has 3 atom stereocenters. The monoisotopic (exact) mass is 269 g/mol. The average Bonchev–Trinajstić information content (AvgIpc) is 3.06. The molecule has 108 valence electrons. The lowest BCUT2D eigenvalue weighted by atomic mass is 10.0. The minimum atomic E-state index is -0.762. The predicted octanol–water partition coefficient (Wildman–Crippen LogP) is 1.37. The molecule has 0 spiro atoms. The Labute approximate surface area is 113 Å². The summed E-state index contributed by atoms with van der Waals surface area (Å²) in [5.41, 5.74) is 0. The van der Waals surface area contributed by atoms with E-state index in [1.807, 2.05) is 11.8 Å². The summed E-state index contributed by atoms with van der Waals surface area (Å²) < 4.78 is 5.34. The fraction of sp³-hybridized carbons (Fsp3) is 0.857. The molecule has 1 saturated heterocycles. The number of hydrogen-bond acceptors (Lipinski definition) is 3. The molecule has 5 nitrogen and oxygen atoms in total. The van der Waals surface area contributed by atoms with Crippen LogP contribution in [0.25, 0.3) is 0 Å². The molecule has 5 heteroatoms. The molecule has 0 aromatic carbocycles. The standard InChI is InChI=1S/C14H23NO4/c1-2-15(8-10-5-6-19-9-10)13(16)11-3-4-12(7-11)14(17)18/h10-12H,2-9H2,1H3,(H,17,18). The lowest BCUT2D eigenvalue weighted by Gasteiger charge is -2.26. The van der Waals surface area contributed by atoms with E-state index in [-0.39, 0.29) is 17.7 Å². The van der Waals surface area contributed by atoms with Crippen LogP contribution in [-0.4, -0.2) is 48.2 Å². The summed E-state index contributed by atoms with van der Waals surface area (Å²) >= 11 is 0. The minimum absolute atomic E-state index is 0.0941.